The largest absolute Gasteiger partial charge is 0.492 e. The van der Waals surface area contributed by atoms with Crippen LogP contribution in [0.3, 0.4) is 0 Å². The van der Waals surface area contributed by atoms with Crippen LogP contribution < -0.4 is 10.1 Å². The second-order valence-electron chi connectivity index (χ2n) is 4.83. The lowest BCUT2D eigenvalue weighted by Crippen LogP contribution is -2.22. The maximum atomic E-state index is 14.9. The molecule has 1 atom stereocenters. The normalized spacial score (nSPS) is 24.6. The highest BCUT2D eigenvalue weighted by atomic mass is 19.1. The second kappa shape index (κ2) is 6.14. The van der Waals surface area contributed by atoms with E-state index in [1.165, 1.54) is 0 Å². The fourth-order valence-electron chi connectivity index (χ4n) is 2.28. The molecule has 0 saturated carbocycles. The molecule has 100 valence electrons. The molecule has 1 N–H and O–H groups in total. The fourth-order valence-corrected chi connectivity index (χ4v) is 2.28. The van der Waals surface area contributed by atoms with E-state index in [4.69, 9.17) is 4.74 Å². The van der Waals surface area contributed by atoms with Gasteiger partial charge >= 0.3 is 0 Å². The molecular weight excluding hydrogens is 231 g/mol. The molecule has 3 nitrogen and oxygen atoms in total. The number of hydrogen-bond donors (Lipinski definition) is 1. The topological polar surface area (TPSA) is 34.1 Å². The molecule has 18 heavy (non-hydrogen) atoms. The molecule has 0 spiro atoms. The Kier molecular flexibility index (Phi) is 4.53. The highest BCUT2D eigenvalue weighted by Gasteiger charge is 2.33. The van der Waals surface area contributed by atoms with Gasteiger partial charge in [-0.3, -0.25) is 4.98 Å². The summed E-state index contributed by atoms with van der Waals surface area (Å²) in [7, 11) is 0. The number of nitrogens with one attached hydrogen (secondary N) is 1. The van der Waals surface area contributed by atoms with Gasteiger partial charge in [0.1, 0.15) is 11.4 Å². The van der Waals surface area contributed by atoms with Gasteiger partial charge in [0, 0.05) is 11.8 Å². The zero-order valence-corrected chi connectivity index (χ0v) is 10.9. The van der Waals surface area contributed by atoms with Crippen molar-refractivity contribution in [2.24, 2.45) is 0 Å². The maximum absolute atomic E-state index is 14.9. The molecule has 0 aliphatic carbocycles. The predicted octanol–water partition coefficient (Wildman–Crippen LogP) is 2.81. The minimum atomic E-state index is -1.26. The van der Waals surface area contributed by atoms with Crippen molar-refractivity contribution >= 4 is 0 Å². The van der Waals surface area contributed by atoms with E-state index in [9.17, 15) is 4.39 Å². The fraction of sp³-hybridized carbons (Fsp3) is 0.643. The summed E-state index contributed by atoms with van der Waals surface area (Å²) in [5.41, 5.74) is -0.609. The highest BCUT2D eigenvalue weighted by molar-refractivity contribution is 5.28. The molecule has 1 aliphatic rings. The Balaban J connectivity index is 2.15. The summed E-state index contributed by atoms with van der Waals surface area (Å²) in [5.74, 6) is 0.670. The third-order valence-electron chi connectivity index (χ3n) is 3.33. The molecule has 1 unspecified atom stereocenters. The molecule has 1 saturated heterocycles. The summed E-state index contributed by atoms with van der Waals surface area (Å²) >= 11 is 0. The second-order valence-corrected chi connectivity index (χ2v) is 4.83. The number of ether oxygens (including phenoxy) is 1. The van der Waals surface area contributed by atoms with E-state index in [1.807, 2.05) is 6.92 Å². The first-order chi connectivity index (χ1) is 8.74. The van der Waals surface area contributed by atoms with Crippen molar-refractivity contribution in [3.8, 4) is 5.75 Å². The number of hydrogen-bond acceptors (Lipinski definition) is 3. The van der Waals surface area contributed by atoms with Gasteiger partial charge in [-0.05, 0) is 44.8 Å². The van der Waals surface area contributed by atoms with Crippen LogP contribution in [0.1, 0.15) is 38.2 Å². The third-order valence-corrected chi connectivity index (χ3v) is 3.33. The molecule has 1 aromatic rings. The van der Waals surface area contributed by atoms with Crippen molar-refractivity contribution < 1.29 is 9.13 Å². The van der Waals surface area contributed by atoms with Crippen molar-refractivity contribution in [2.45, 2.75) is 38.3 Å². The monoisotopic (exact) mass is 252 g/mol. The minimum Gasteiger partial charge on any atom is -0.492 e. The molecular formula is C14H21FN2O. The van der Waals surface area contributed by atoms with E-state index in [-0.39, 0.29) is 0 Å². The van der Waals surface area contributed by atoms with E-state index in [1.54, 1.807) is 18.5 Å². The summed E-state index contributed by atoms with van der Waals surface area (Å²) in [6.07, 6.45) is 6.14. The van der Waals surface area contributed by atoms with Gasteiger partial charge in [0.15, 0.2) is 0 Å². The van der Waals surface area contributed by atoms with Gasteiger partial charge in [-0.1, -0.05) is 6.92 Å². The summed E-state index contributed by atoms with van der Waals surface area (Å²) in [4.78, 5) is 4.10. The van der Waals surface area contributed by atoms with Gasteiger partial charge in [0.25, 0.3) is 0 Å². The van der Waals surface area contributed by atoms with Crippen LogP contribution in [0.5, 0.6) is 5.75 Å². The molecule has 2 rings (SSSR count). The number of pyridine rings is 1. The summed E-state index contributed by atoms with van der Waals surface area (Å²) in [6, 6.07) is 1.80. The zero-order valence-electron chi connectivity index (χ0n) is 10.9. The minimum absolute atomic E-state index is 0.506. The lowest BCUT2D eigenvalue weighted by Gasteiger charge is -2.23. The molecule has 2 heterocycles. The molecule has 1 fully saturated rings. The van der Waals surface area contributed by atoms with E-state index in [2.05, 4.69) is 10.3 Å². The van der Waals surface area contributed by atoms with Crippen molar-refractivity contribution in [1.29, 1.82) is 0 Å². The van der Waals surface area contributed by atoms with Crippen LogP contribution in [0.15, 0.2) is 18.5 Å². The first-order valence-electron chi connectivity index (χ1n) is 6.72. The smallest absolute Gasteiger partial charge is 0.138 e. The molecule has 0 radical (unpaired) electrons. The van der Waals surface area contributed by atoms with Gasteiger partial charge in [-0.15, -0.1) is 0 Å². The van der Waals surface area contributed by atoms with Crippen LogP contribution >= 0.6 is 0 Å². The Morgan fingerprint density at radius 1 is 1.39 bits per heavy atom. The maximum Gasteiger partial charge on any atom is 0.138 e. The van der Waals surface area contributed by atoms with Crippen LogP contribution in [0.2, 0.25) is 0 Å². The molecule has 4 heteroatoms. The first kappa shape index (κ1) is 13.3. The van der Waals surface area contributed by atoms with Crippen LogP contribution in [0.25, 0.3) is 0 Å². The van der Waals surface area contributed by atoms with Gasteiger partial charge in [-0.2, -0.15) is 0 Å². The van der Waals surface area contributed by atoms with Crippen molar-refractivity contribution in [1.82, 2.24) is 10.3 Å². The summed E-state index contributed by atoms with van der Waals surface area (Å²) in [6.45, 7) is 4.30. The Hall–Kier alpha value is -1.16. The van der Waals surface area contributed by atoms with Crippen LogP contribution in [-0.2, 0) is 5.67 Å². The number of halogens is 1. The van der Waals surface area contributed by atoms with Crippen molar-refractivity contribution in [3.05, 3.63) is 24.0 Å². The molecule has 1 aliphatic heterocycles. The van der Waals surface area contributed by atoms with Gasteiger partial charge in [-0.25, -0.2) is 4.39 Å². The van der Waals surface area contributed by atoms with Crippen LogP contribution in [0.4, 0.5) is 4.39 Å². The van der Waals surface area contributed by atoms with Gasteiger partial charge in [0.2, 0.25) is 0 Å². The Labute approximate surface area is 108 Å². The summed E-state index contributed by atoms with van der Waals surface area (Å²) < 4.78 is 20.4. The SMILES string of the molecule is CCCOc1cncc(C2(F)CCCNCC2)c1. The Morgan fingerprint density at radius 3 is 3.11 bits per heavy atom. The number of nitrogens with zero attached hydrogens (tertiary/aromatic N) is 1. The quantitative estimate of drug-likeness (QED) is 0.894. The number of aromatic nitrogens is 1. The lowest BCUT2D eigenvalue weighted by atomic mass is 9.90. The molecule has 0 aromatic carbocycles. The average Bonchev–Trinajstić information content (AvgIpc) is 2.63. The van der Waals surface area contributed by atoms with E-state index < -0.39 is 5.67 Å². The predicted molar refractivity (Wildman–Crippen MR) is 69.5 cm³/mol. The number of rotatable bonds is 4. The Bertz CT molecular complexity index is 376. The molecule has 0 amide bonds. The standard InChI is InChI=1S/C14H21FN2O/c1-2-8-18-13-9-12(10-17-11-13)14(15)4-3-6-16-7-5-14/h9-11,16H,2-8H2,1H3. The van der Waals surface area contributed by atoms with Gasteiger partial charge < -0.3 is 10.1 Å². The van der Waals surface area contributed by atoms with E-state index >= 15 is 0 Å². The summed E-state index contributed by atoms with van der Waals surface area (Å²) in [5, 5.41) is 3.23. The highest BCUT2D eigenvalue weighted by Crippen LogP contribution is 2.36. The van der Waals surface area contributed by atoms with Crippen molar-refractivity contribution in [2.75, 3.05) is 19.7 Å². The van der Waals surface area contributed by atoms with E-state index in [0.29, 0.717) is 30.8 Å². The van der Waals surface area contributed by atoms with Crippen LogP contribution in [-0.4, -0.2) is 24.7 Å². The zero-order chi connectivity index (χ0) is 12.8. The van der Waals surface area contributed by atoms with Gasteiger partial charge in [0.05, 0.1) is 12.8 Å². The average molecular weight is 252 g/mol. The van der Waals surface area contributed by atoms with E-state index in [0.717, 1.165) is 25.9 Å². The number of alkyl halides is 1. The van der Waals surface area contributed by atoms with Crippen molar-refractivity contribution in [3.63, 3.8) is 0 Å². The third kappa shape index (κ3) is 3.19. The lowest BCUT2D eigenvalue weighted by molar-refractivity contribution is 0.143. The Morgan fingerprint density at radius 2 is 2.28 bits per heavy atom. The van der Waals surface area contributed by atoms with Crippen LogP contribution in [0, 0.1) is 0 Å². The molecule has 0 bridgehead atoms. The molecule has 1 aromatic heterocycles. The first-order valence-corrected chi connectivity index (χ1v) is 6.72.